The van der Waals surface area contributed by atoms with Crippen molar-refractivity contribution in [3.05, 3.63) is 65.7 Å². The molecule has 3 aromatic rings. The second-order valence-corrected chi connectivity index (χ2v) is 6.23. The Morgan fingerprint density at radius 1 is 0.964 bits per heavy atom. The van der Waals surface area contributed by atoms with E-state index in [1.165, 1.54) is 0 Å². The molecule has 144 valence electrons. The minimum absolute atomic E-state index is 0.162. The average molecular weight is 378 g/mol. The van der Waals surface area contributed by atoms with E-state index in [1.807, 2.05) is 38.1 Å². The maximum absolute atomic E-state index is 12.1. The molecule has 0 aliphatic heterocycles. The number of amides is 1. The van der Waals surface area contributed by atoms with Gasteiger partial charge in [0.1, 0.15) is 0 Å². The van der Waals surface area contributed by atoms with E-state index in [0.717, 1.165) is 16.8 Å². The highest BCUT2D eigenvalue weighted by Gasteiger charge is 2.09. The molecule has 28 heavy (non-hydrogen) atoms. The van der Waals surface area contributed by atoms with Crippen molar-refractivity contribution >= 4 is 23.2 Å². The predicted octanol–water partition coefficient (Wildman–Crippen LogP) is 3.86. The summed E-state index contributed by atoms with van der Waals surface area (Å²) in [5.74, 6) is 1.67. The summed E-state index contributed by atoms with van der Waals surface area (Å²) < 4.78 is 10.7. The van der Waals surface area contributed by atoms with Crippen LogP contribution in [0.25, 0.3) is 0 Å². The van der Waals surface area contributed by atoms with Crippen LogP contribution in [0.5, 0.6) is 11.5 Å². The van der Waals surface area contributed by atoms with Crippen LogP contribution in [-0.4, -0.2) is 29.8 Å². The zero-order chi connectivity index (χ0) is 19.9. The Labute approximate surface area is 163 Å². The first-order valence-electron chi connectivity index (χ1n) is 8.79. The summed E-state index contributed by atoms with van der Waals surface area (Å²) in [6.07, 6.45) is 0. The summed E-state index contributed by atoms with van der Waals surface area (Å²) in [7, 11) is 1.55. The number of aromatic nitrogens is 2. The van der Waals surface area contributed by atoms with E-state index in [0.29, 0.717) is 23.1 Å². The van der Waals surface area contributed by atoms with Gasteiger partial charge in [-0.15, -0.1) is 10.2 Å². The number of nitrogens with one attached hydrogen (secondary N) is 2. The van der Waals surface area contributed by atoms with Crippen molar-refractivity contribution in [1.29, 1.82) is 0 Å². The fourth-order valence-electron chi connectivity index (χ4n) is 2.53. The lowest BCUT2D eigenvalue weighted by molar-refractivity contribution is -0.118. The third kappa shape index (κ3) is 4.97. The molecule has 0 aliphatic carbocycles. The molecule has 1 amide bonds. The first-order chi connectivity index (χ1) is 13.5. The zero-order valence-corrected chi connectivity index (χ0v) is 16.0. The summed E-state index contributed by atoms with van der Waals surface area (Å²) in [5, 5.41) is 14.0. The molecular weight excluding hydrogens is 356 g/mol. The van der Waals surface area contributed by atoms with E-state index in [1.54, 1.807) is 31.4 Å². The Morgan fingerprint density at radius 2 is 1.68 bits per heavy atom. The smallest absolute Gasteiger partial charge is 0.263 e. The molecule has 0 unspecified atom stereocenters. The summed E-state index contributed by atoms with van der Waals surface area (Å²) in [5.41, 5.74) is 3.23. The van der Waals surface area contributed by atoms with Gasteiger partial charge in [-0.05, 0) is 55.3 Å². The summed E-state index contributed by atoms with van der Waals surface area (Å²) in [4.78, 5) is 12.1. The predicted molar refractivity (Wildman–Crippen MR) is 108 cm³/mol. The van der Waals surface area contributed by atoms with Gasteiger partial charge >= 0.3 is 0 Å². The number of anilines is 3. The molecule has 0 fully saturated rings. The number of rotatable bonds is 7. The lowest BCUT2D eigenvalue weighted by atomic mass is 10.1. The number of hydrogen-bond donors (Lipinski definition) is 2. The lowest BCUT2D eigenvalue weighted by Crippen LogP contribution is -2.21. The zero-order valence-electron chi connectivity index (χ0n) is 16.0. The highest BCUT2D eigenvalue weighted by molar-refractivity contribution is 5.91. The fourth-order valence-corrected chi connectivity index (χ4v) is 2.53. The molecule has 1 aromatic heterocycles. The van der Waals surface area contributed by atoms with Gasteiger partial charge < -0.3 is 20.1 Å². The van der Waals surface area contributed by atoms with Crippen molar-refractivity contribution in [2.24, 2.45) is 0 Å². The number of methoxy groups -OCH3 is 1. The Bertz CT molecular complexity index is 958. The van der Waals surface area contributed by atoms with Gasteiger partial charge in [-0.3, -0.25) is 4.79 Å². The number of carbonyl (C=O) groups excluding carboxylic acids is 1. The molecule has 0 saturated carbocycles. The van der Waals surface area contributed by atoms with Crippen LogP contribution in [-0.2, 0) is 4.79 Å². The van der Waals surface area contributed by atoms with Crippen molar-refractivity contribution in [1.82, 2.24) is 10.2 Å². The van der Waals surface area contributed by atoms with E-state index in [2.05, 4.69) is 26.9 Å². The van der Waals surface area contributed by atoms with Crippen LogP contribution in [0.3, 0.4) is 0 Å². The topological polar surface area (TPSA) is 85.4 Å². The largest absolute Gasteiger partial charge is 0.493 e. The molecule has 3 rings (SSSR count). The van der Waals surface area contributed by atoms with Gasteiger partial charge in [0.15, 0.2) is 29.7 Å². The highest BCUT2D eigenvalue weighted by atomic mass is 16.5. The van der Waals surface area contributed by atoms with Crippen molar-refractivity contribution in [3.8, 4) is 11.5 Å². The van der Waals surface area contributed by atoms with Gasteiger partial charge in [-0.1, -0.05) is 24.3 Å². The van der Waals surface area contributed by atoms with Gasteiger partial charge in [0, 0.05) is 5.69 Å². The minimum atomic E-state index is -0.338. The molecule has 7 heteroatoms. The summed E-state index contributed by atoms with van der Waals surface area (Å²) in [6.45, 7) is 3.89. The van der Waals surface area contributed by atoms with Crippen LogP contribution in [0.2, 0.25) is 0 Å². The van der Waals surface area contributed by atoms with Crippen LogP contribution < -0.4 is 20.1 Å². The quantitative estimate of drug-likeness (QED) is 0.649. The molecule has 7 nitrogen and oxygen atoms in total. The SMILES string of the molecule is COc1ccccc1OCC(=O)Nc1ccc(Nc2cc(C)ccc2C)nn1. The molecule has 0 spiro atoms. The average Bonchev–Trinajstić information content (AvgIpc) is 2.71. The second kappa shape index (κ2) is 8.85. The van der Waals surface area contributed by atoms with E-state index in [9.17, 15) is 4.79 Å². The summed E-state index contributed by atoms with van der Waals surface area (Å²) >= 11 is 0. The summed E-state index contributed by atoms with van der Waals surface area (Å²) in [6, 6.07) is 16.7. The molecule has 0 bridgehead atoms. The highest BCUT2D eigenvalue weighted by Crippen LogP contribution is 2.25. The van der Waals surface area contributed by atoms with Crippen molar-refractivity contribution in [2.75, 3.05) is 24.4 Å². The normalized spacial score (nSPS) is 10.2. The minimum Gasteiger partial charge on any atom is -0.493 e. The van der Waals surface area contributed by atoms with E-state index < -0.39 is 0 Å². The van der Waals surface area contributed by atoms with Crippen molar-refractivity contribution < 1.29 is 14.3 Å². The Hall–Kier alpha value is -3.61. The van der Waals surface area contributed by atoms with Gasteiger partial charge in [0.25, 0.3) is 5.91 Å². The Balaban J connectivity index is 1.56. The van der Waals surface area contributed by atoms with Crippen LogP contribution in [0, 0.1) is 13.8 Å². The van der Waals surface area contributed by atoms with Crippen molar-refractivity contribution in [2.45, 2.75) is 13.8 Å². The molecule has 0 atom stereocenters. The van der Waals surface area contributed by atoms with Crippen LogP contribution >= 0.6 is 0 Å². The van der Waals surface area contributed by atoms with Gasteiger partial charge in [0.05, 0.1) is 7.11 Å². The lowest BCUT2D eigenvalue weighted by Gasteiger charge is -2.11. The number of nitrogens with zero attached hydrogens (tertiary/aromatic N) is 2. The maximum atomic E-state index is 12.1. The van der Waals surface area contributed by atoms with Crippen LogP contribution in [0.1, 0.15) is 11.1 Å². The number of para-hydroxylation sites is 2. The van der Waals surface area contributed by atoms with Crippen molar-refractivity contribution in [3.63, 3.8) is 0 Å². The third-order valence-electron chi connectivity index (χ3n) is 4.02. The molecule has 2 aromatic carbocycles. The van der Waals surface area contributed by atoms with E-state index >= 15 is 0 Å². The first kappa shape index (κ1) is 19.2. The molecule has 0 radical (unpaired) electrons. The molecule has 0 aliphatic rings. The number of benzene rings is 2. The Kier molecular flexibility index (Phi) is 6.06. The number of carbonyl (C=O) groups is 1. The molecule has 1 heterocycles. The number of hydrogen-bond acceptors (Lipinski definition) is 6. The van der Waals surface area contributed by atoms with Gasteiger partial charge in [-0.2, -0.15) is 0 Å². The van der Waals surface area contributed by atoms with E-state index in [-0.39, 0.29) is 12.5 Å². The van der Waals surface area contributed by atoms with Gasteiger partial charge in [0.2, 0.25) is 0 Å². The maximum Gasteiger partial charge on any atom is 0.263 e. The number of aryl methyl sites for hydroxylation is 2. The van der Waals surface area contributed by atoms with Crippen LogP contribution in [0.15, 0.2) is 54.6 Å². The van der Waals surface area contributed by atoms with E-state index in [4.69, 9.17) is 9.47 Å². The third-order valence-corrected chi connectivity index (χ3v) is 4.02. The molecule has 2 N–H and O–H groups in total. The fraction of sp³-hybridized carbons (Fsp3) is 0.190. The standard InChI is InChI=1S/C21H22N4O3/c1-14-8-9-15(2)16(12-14)22-19-10-11-20(25-24-19)23-21(26)13-28-18-7-5-4-6-17(18)27-3/h4-12H,13H2,1-3H3,(H,22,24)(H,23,25,26). The monoisotopic (exact) mass is 378 g/mol. The molecule has 0 saturated heterocycles. The number of ether oxygens (including phenoxy) is 2. The van der Waals surface area contributed by atoms with Gasteiger partial charge in [-0.25, -0.2) is 0 Å². The Morgan fingerprint density at radius 3 is 2.39 bits per heavy atom. The molecular formula is C21H22N4O3. The first-order valence-corrected chi connectivity index (χ1v) is 8.79. The van der Waals surface area contributed by atoms with Crippen LogP contribution in [0.4, 0.5) is 17.3 Å². The second-order valence-electron chi connectivity index (χ2n) is 6.23.